The van der Waals surface area contributed by atoms with Gasteiger partial charge >= 0.3 is 5.97 Å². The maximum Gasteiger partial charge on any atom is 0.312 e. The van der Waals surface area contributed by atoms with Crippen LogP contribution < -0.4 is 0 Å². The van der Waals surface area contributed by atoms with Gasteiger partial charge in [0, 0.05) is 13.2 Å². The Kier molecular flexibility index (Phi) is 2.74. The summed E-state index contributed by atoms with van der Waals surface area (Å²) in [5, 5.41) is 0. The van der Waals surface area contributed by atoms with E-state index in [2.05, 4.69) is 0 Å². The van der Waals surface area contributed by atoms with Gasteiger partial charge in [-0.05, 0) is 19.3 Å². The van der Waals surface area contributed by atoms with Crippen molar-refractivity contribution in [3.63, 3.8) is 0 Å². The SMILES string of the molecule is COC(=O)C1(C[C@@H]2CO2)CCOCC1. The lowest BCUT2D eigenvalue weighted by Gasteiger charge is -2.33. The monoisotopic (exact) mass is 200 g/mol. The van der Waals surface area contributed by atoms with Gasteiger partial charge in [-0.3, -0.25) is 4.79 Å². The molecule has 2 fully saturated rings. The zero-order chi connectivity index (χ0) is 10.0. The van der Waals surface area contributed by atoms with Gasteiger partial charge in [0.2, 0.25) is 0 Å². The third kappa shape index (κ3) is 1.91. The normalized spacial score (nSPS) is 29.6. The number of epoxide rings is 1. The van der Waals surface area contributed by atoms with Crippen molar-refractivity contribution in [2.45, 2.75) is 25.4 Å². The predicted molar refractivity (Wildman–Crippen MR) is 48.9 cm³/mol. The summed E-state index contributed by atoms with van der Waals surface area (Å²) in [5.74, 6) is -0.101. The van der Waals surface area contributed by atoms with Crippen LogP contribution in [0.1, 0.15) is 19.3 Å². The number of rotatable bonds is 3. The van der Waals surface area contributed by atoms with Gasteiger partial charge in [0.25, 0.3) is 0 Å². The Hall–Kier alpha value is -0.610. The third-order valence-electron chi connectivity index (χ3n) is 3.09. The largest absolute Gasteiger partial charge is 0.469 e. The van der Waals surface area contributed by atoms with Crippen LogP contribution in [0.4, 0.5) is 0 Å². The molecule has 0 aromatic heterocycles. The van der Waals surface area contributed by atoms with Gasteiger partial charge in [-0.2, -0.15) is 0 Å². The average molecular weight is 200 g/mol. The lowest BCUT2D eigenvalue weighted by Crippen LogP contribution is -2.39. The fourth-order valence-electron chi connectivity index (χ4n) is 2.09. The van der Waals surface area contributed by atoms with Crippen LogP contribution in [0, 0.1) is 5.41 Å². The summed E-state index contributed by atoms with van der Waals surface area (Å²) in [5.41, 5.74) is -0.339. The first-order chi connectivity index (χ1) is 6.77. The van der Waals surface area contributed by atoms with Crippen LogP contribution >= 0.6 is 0 Å². The molecule has 14 heavy (non-hydrogen) atoms. The highest BCUT2D eigenvalue weighted by atomic mass is 16.6. The number of methoxy groups -OCH3 is 1. The standard InChI is InChI=1S/C10H16O4/c1-12-9(11)10(6-8-7-14-8)2-4-13-5-3-10/h8H,2-7H2,1H3/t8-/m1/s1. The number of ether oxygens (including phenoxy) is 3. The highest BCUT2D eigenvalue weighted by Gasteiger charge is 2.45. The number of carbonyl (C=O) groups is 1. The maximum absolute atomic E-state index is 11.7. The molecule has 0 amide bonds. The number of carbonyl (C=O) groups excluding carboxylic acids is 1. The molecule has 0 N–H and O–H groups in total. The molecule has 0 aromatic carbocycles. The number of esters is 1. The molecule has 4 heteroatoms. The number of hydrogen-bond acceptors (Lipinski definition) is 4. The van der Waals surface area contributed by atoms with Gasteiger partial charge in [0.15, 0.2) is 0 Å². The molecule has 0 unspecified atom stereocenters. The summed E-state index contributed by atoms with van der Waals surface area (Å²) in [7, 11) is 1.45. The van der Waals surface area contributed by atoms with Crippen molar-refractivity contribution in [3.8, 4) is 0 Å². The summed E-state index contributed by atoms with van der Waals surface area (Å²) >= 11 is 0. The van der Waals surface area contributed by atoms with Crippen molar-refractivity contribution in [2.24, 2.45) is 5.41 Å². The first-order valence-electron chi connectivity index (χ1n) is 5.05. The Morgan fingerprint density at radius 1 is 1.50 bits per heavy atom. The second-order valence-corrected chi connectivity index (χ2v) is 4.04. The van der Waals surface area contributed by atoms with Crippen LogP contribution in [0.3, 0.4) is 0 Å². The van der Waals surface area contributed by atoms with E-state index in [4.69, 9.17) is 14.2 Å². The zero-order valence-electron chi connectivity index (χ0n) is 8.45. The molecule has 0 aromatic rings. The molecule has 80 valence electrons. The van der Waals surface area contributed by atoms with Crippen LogP contribution in [-0.4, -0.2) is 39.0 Å². The van der Waals surface area contributed by atoms with Crippen molar-refractivity contribution >= 4 is 5.97 Å². The van der Waals surface area contributed by atoms with Crippen molar-refractivity contribution in [2.75, 3.05) is 26.9 Å². The van der Waals surface area contributed by atoms with E-state index >= 15 is 0 Å². The quantitative estimate of drug-likeness (QED) is 0.498. The Bertz CT molecular complexity index is 216. The highest BCUT2D eigenvalue weighted by Crippen LogP contribution is 2.39. The molecular formula is C10H16O4. The molecule has 0 aliphatic carbocycles. The smallest absolute Gasteiger partial charge is 0.312 e. The fraction of sp³-hybridized carbons (Fsp3) is 0.900. The zero-order valence-corrected chi connectivity index (χ0v) is 8.45. The minimum absolute atomic E-state index is 0.101. The number of hydrogen-bond donors (Lipinski definition) is 0. The maximum atomic E-state index is 11.7. The van der Waals surface area contributed by atoms with E-state index in [-0.39, 0.29) is 17.5 Å². The lowest BCUT2D eigenvalue weighted by molar-refractivity contribution is -0.159. The minimum atomic E-state index is -0.339. The molecule has 0 bridgehead atoms. The first kappa shape index (κ1) is 9.93. The molecule has 2 aliphatic heterocycles. The molecule has 0 saturated carbocycles. The van der Waals surface area contributed by atoms with E-state index in [1.165, 1.54) is 7.11 Å². The molecule has 4 nitrogen and oxygen atoms in total. The fourth-order valence-corrected chi connectivity index (χ4v) is 2.09. The second-order valence-electron chi connectivity index (χ2n) is 4.04. The molecule has 0 radical (unpaired) electrons. The Balaban J connectivity index is 2.04. The van der Waals surface area contributed by atoms with Crippen LogP contribution in [-0.2, 0) is 19.0 Å². The summed E-state index contributed by atoms with van der Waals surface area (Å²) in [4.78, 5) is 11.7. The highest BCUT2D eigenvalue weighted by molar-refractivity contribution is 5.77. The van der Waals surface area contributed by atoms with E-state index in [0.29, 0.717) is 13.2 Å². The van der Waals surface area contributed by atoms with Crippen molar-refractivity contribution in [1.29, 1.82) is 0 Å². The van der Waals surface area contributed by atoms with Gasteiger partial charge in [0.1, 0.15) is 0 Å². The Morgan fingerprint density at radius 3 is 2.64 bits per heavy atom. The lowest BCUT2D eigenvalue weighted by atomic mass is 9.76. The average Bonchev–Trinajstić information content (AvgIpc) is 3.02. The van der Waals surface area contributed by atoms with E-state index in [0.717, 1.165) is 25.9 Å². The predicted octanol–water partition coefficient (Wildman–Crippen LogP) is 0.745. The van der Waals surface area contributed by atoms with Crippen LogP contribution in [0.25, 0.3) is 0 Å². The van der Waals surface area contributed by atoms with E-state index in [1.54, 1.807) is 0 Å². The van der Waals surface area contributed by atoms with E-state index < -0.39 is 0 Å². The first-order valence-corrected chi connectivity index (χ1v) is 5.05. The van der Waals surface area contributed by atoms with Crippen LogP contribution in [0.5, 0.6) is 0 Å². The van der Waals surface area contributed by atoms with Gasteiger partial charge in [0.05, 0.1) is 25.2 Å². The molecule has 1 atom stereocenters. The van der Waals surface area contributed by atoms with Gasteiger partial charge in [-0.25, -0.2) is 0 Å². The van der Waals surface area contributed by atoms with Gasteiger partial charge < -0.3 is 14.2 Å². The third-order valence-corrected chi connectivity index (χ3v) is 3.09. The second kappa shape index (κ2) is 3.87. The Morgan fingerprint density at radius 2 is 2.14 bits per heavy atom. The summed E-state index contributed by atoms with van der Waals surface area (Å²) in [6.07, 6.45) is 2.59. The molecule has 2 saturated heterocycles. The van der Waals surface area contributed by atoms with Crippen molar-refractivity contribution < 1.29 is 19.0 Å². The van der Waals surface area contributed by atoms with Crippen LogP contribution in [0.2, 0.25) is 0 Å². The van der Waals surface area contributed by atoms with E-state index in [9.17, 15) is 4.79 Å². The molecule has 2 rings (SSSR count). The topological polar surface area (TPSA) is 48.1 Å². The van der Waals surface area contributed by atoms with Crippen molar-refractivity contribution in [3.05, 3.63) is 0 Å². The van der Waals surface area contributed by atoms with E-state index in [1.807, 2.05) is 0 Å². The molecule has 0 spiro atoms. The van der Waals surface area contributed by atoms with Gasteiger partial charge in [-0.15, -0.1) is 0 Å². The van der Waals surface area contributed by atoms with Crippen molar-refractivity contribution in [1.82, 2.24) is 0 Å². The molecule has 2 heterocycles. The minimum Gasteiger partial charge on any atom is -0.469 e. The summed E-state index contributed by atoms with van der Waals surface area (Å²) < 4.78 is 15.3. The Labute approximate surface area is 83.5 Å². The molecular weight excluding hydrogens is 184 g/mol. The molecule has 2 aliphatic rings. The van der Waals surface area contributed by atoms with Gasteiger partial charge in [-0.1, -0.05) is 0 Å². The summed E-state index contributed by atoms with van der Waals surface area (Å²) in [6.45, 7) is 2.10. The van der Waals surface area contributed by atoms with Crippen LogP contribution in [0.15, 0.2) is 0 Å². The summed E-state index contributed by atoms with van der Waals surface area (Å²) in [6, 6.07) is 0.